The third kappa shape index (κ3) is 3.23. The number of nitrogens with one attached hydrogen (secondary N) is 1. The molecule has 3 rings (SSSR count). The number of Topliss-reactive ketones (excluding diaryl/α,β-unsaturated/α-hetero) is 1. The summed E-state index contributed by atoms with van der Waals surface area (Å²) in [7, 11) is 0. The third-order valence-electron chi connectivity index (χ3n) is 4.07. The van der Waals surface area contributed by atoms with Gasteiger partial charge >= 0.3 is 6.09 Å². The molecule has 1 fully saturated rings. The largest absolute Gasteiger partial charge is 0.444 e. The Balaban J connectivity index is 1.74. The summed E-state index contributed by atoms with van der Waals surface area (Å²) in [6.07, 6.45) is 2.12. The minimum Gasteiger partial charge on any atom is -0.444 e. The summed E-state index contributed by atoms with van der Waals surface area (Å²) in [6, 6.07) is 7.96. The first-order valence-electron chi connectivity index (χ1n) is 7.92. The predicted molar refractivity (Wildman–Crippen MR) is 88.5 cm³/mol. The standard InChI is InChI=1S/C18H22N2O3/c1-18(2,3)23-17(22)20-9-8-13(16(21)11-20)14-10-19-15-7-5-4-6-12(14)15/h4-7,10,13,19H,8-9,11H2,1-3H3. The summed E-state index contributed by atoms with van der Waals surface area (Å²) >= 11 is 0. The molecule has 122 valence electrons. The summed E-state index contributed by atoms with van der Waals surface area (Å²) in [6.45, 7) is 6.12. The maximum absolute atomic E-state index is 12.6. The fourth-order valence-corrected chi connectivity index (χ4v) is 3.02. The summed E-state index contributed by atoms with van der Waals surface area (Å²) < 4.78 is 5.35. The van der Waals surface area contributed by atoms with Crippen molar-refractivity contribution in [1.29, 1.82) is 0 Å². The summed E-state index contributed by atoms with van der Waals surface area (Å²) in [5, 5.41) is 1.08. The van der Waals surface area contributed by atoms with Gasteiger partial charge in [-0.1, -0.05) is 18.2 Å². The molecule has 0 radical (unpaired) electrons. The van der Waals surface area contributed by atoms with Crippen molar-refractivity contribution in [2.75, 3.05) is 13.1 Å². The zero-order valence-electron chi connectivity index (χ0n) is 13.8. The van der Waals surface area contributed by atoms with Crippen molar-refractivity contribution >= 4 is 22.8 Å². The molecule has 23 heavy (non-hydrogen) atoms. The van der Waals surface area contributed by atoms with Crippen molar-refractivity contribution in [3.63, 3.8) is 0 Å². The maximum Gasteiger partial charge on any atom is 0.410 e. The lowest BCUT2D eigenvalue weighted by Gasteiger charge is -2.32. The molecule has 1 aliphatic rings. The van der Waals surface area contributed by atoms with Crippen LogP contribution in [0.1, 0.15) is 38.7 Å². The number of hydrogen-bond acceptors (Lipinski definition) is 3. The number of carbonyl (C=O) groups is 2. The number of carbonyl (C=O) groups excluding carboxylic acids is 2. The highest BCUT2D eigenvalue weighted by Gasteiger charge is 2.33. The van der Waals surface area contributed by atoms with Crippen LogP contribution in [-0.4, -0.2) is 40.5 Å². The Bertz CT molecular complexity index is 742. The molecule has 5 heteroatoms. The fourth-order valence-electron chi connectivity index (χ4n) is 3.02. The molecule has 0 aliphatic carbocycles. The number of benzene rings is 1. The van der Waals surface area contributed by atoms with Crippen molar-refractivity contribution in [2.24, 2.45) is 0 Å². The molecule has 1 N–H and O–H groups in total. The second-order valence-corrected chi connectivity index (χ2v) is 7.00. The average Bonchev–Trinajstić information content (AvgIpc) is 2.89. The van der Waals surface area contributed by atoms with E-state index in [1.54, 1.807) is 0 Å². The van der Waals surface area contributed by atoms with Crippen LogP contribution < -0.4 is 0 Å². The van der Waals surface area contributed by atoms with Crippen LogP contribution in [0, 0.1) is 0 Å². The Morgan fingerprint density at radius 3 is 2.74 bits per heavy atom. The first kappa shape index (κ1) is 15.6. The van der Waals surface area contributed by atoms with Crippen LogP contribution >= 0.6 is 0 Å². The maximum atomic E-state index is 12.6. The molecule has 5 nitrogen and oxygen atoms in total. The second-order valence-electron chi connectivity index (χ2n) is 7.00. The van der Waals surface area contributed by atoms with Gasteiger partial charge in [0.15, 0.2) is 5.78 Å². The number of aromatic nitrogens is 1. The highest BCUT2D eigenvalue weighted by atomic mass is 16.6. The molecule has 1 aliphatic heterocycles. The van der Waals surface area contributed by atoms with Crippen LogP contribution in [0.3, 0.4) is 0 Å². The van der Waals surface area contributed by atoms with Gasteiger partial charge in [-0.25, -0.2) is 4.79 Å². The first-order chi connectivity index (χ1) is 10.8. The number of para-hydroxylation sites is 1. The van der Waals surface area contributed by atoms with Gasteiger partial charge in [0, 0.05) is 29.6 Å². The number of aromatic amines is 1. The highest BCUT2D eigenvalue weighted by molar-refractivity contribution is 5.95. The number of fused-ring (bicyclic) bond motifs is 1. The van der Waals surface area contributed by atoms with Crippen LogP contribution in [-0.2, 0) is 9.53 Å². The number of hydrogen-bond donors (Lipinski definition) is 1. The number of amides is 1. The molecular formula is C18H22N2O3. The van der Waals surface area contributed by atoms with Gasteiger partial charge in [0.25, 0.3) is 0 Å². The molecule has 0 spiro atoms. The Kier molecular flexibility index (Phi) is 3.88. The molecule has 0 saturated carbocycles. The molecule has 1 unspecified atom stereocenters. The smallest absolute Gasteiger partial charge is 0.410 e. The predicted octanol–water partition coefficient (Wildman–Crippen LogP) is 3.46. The zero-order chi connectivity index (χ0) is 16.6. The van der Waals surface area contributed by atoms with E-state index in [-0.39, 0.29) is 18.2 Å². The monoisotopic (exact) mass is 314 g/mol. The van der Waals surface area contributed by atoms with Gasteiger partial charge in [0.05, 0.1) is 6.54 Å². The Hall–Kier alpha value is -2.30. The molecule has 1 atom stereocenters. The van der Waals surface area contributed by atoms with E-state index in [1.807, 2.05) is 51.2 Å². The topological polar surface area (TPSA) is 62.4 Å². The van der Waals surface area contributed by atoms with E-state index in [4.69, 9.17) is 4.74 Å². The van der Waals surface area contributed by atoms with Gasteiger partial charge in [-0.2, -0.15) is 0 Å². The first-order valence-corrected chi connectivity index (χ1v) is 7.92. The molecule has 1 saturated heterocycles. The van der Waals surface area contributed by atoms with Gasteiger partial charge in [-0.15, -0.1) is 0 Å². The molecule has 1 aromatic heterocycles. The van der Waals surface area contributed by atoms with Crippen LogP contribution in [0.25, 0.3) is 10.9 Å². The lowest BCUT2D eigenvalue weighted by atomic mass is 9.88. The van der Waals surface area contributed by atoms with Gasteiger partial charge in [-0.3, -0.25) is 4.79 Å². The van der Waals surface area contributed by atoms with Crippen LogP contribution in [0.15, 0.2) is 30.5 Å². The van der Waals surface area contributed by atoms with Gasteiger partial charge in [0.1, 0.15) is 5.60 Å². The lowest BCUT2D eigenvalue weighted by molar-refractivity contribution is -0.123. The molecule has 2 aromatic rings. The van der Waals surface area contributed by atoms with Crippen molar-refractivity contribution in [3.05, 3.63) is 36.0 Å². The number of H-pyrrole nitrogens is 1. The van der Waals surface area contributed by atoms with E-state index in [1.165, 1.54) is 4.90 Å². The summed E-state index contributed by atoms with van der Waals surface area (Å²) in [5.74, 6) is -0.100. The summed E-state index contributed by atoms with van der Waals surface area (Å²) in [4.78, 5) is 29.4. The van der Waals surface area contributed by atoms with Gasteiger partial charge < -0.3 is 14.6 Å². The zero-order valence-corrected chi connectivity index (χ0v) is 13.8. The van der Waals surface area contributed by atoms with E-state index < -0.39 is 11.7 Å². The number of nitrogens with zero attached hydrogens (tertiary/aromatic N) is 1. The minimum absolute atomic E-state index is 0.0619. The highest BCUT2D eigenvalue weighted by Crippen LogP contribution is 2.31. The fraction of sp³-hybridized carbons (Fsp3) is 0.444. The van der Waals surface area contributed by atoms with Crippen LogP contribution in [0.4, 0.5) is 4.79 Å². The van der Waals surface area contributed by atoms with E-state index in [0.717, 1.165) is 16.5 Å². The average molecular weight is 314 g/mol. The van der Waals surface area contributed by atoms with Gasteiger partial charge in [-0.05, 0) is 38.8 Å². The minimum atomic E-state index is -0.548. The molecule has 2 heterocycles. The van der Waals surface area contributed by atoms with Crippen molar-refractivity contribution in [2.45, 2.75) is 38.7 Å². The Labute approximate surface area is 135 Å². The molecule has 0 bridgehead atoms. The van der Waals surface area contributed by atoms with E-state index in [0.29, 0.717) is 13.0 Å². The molecular weight excluding hydrogens is 292 g/mol. The van der Waals surface area contributed by atoms with Gasteiger partial charge in [0.2, 0.25) is 0 Å². The molecule has 1 aromatic carbocycles. The number of rotatable bonds is 1. The number of ketones is 1. The van der Waals surface area contributed by atoms with Crippen LogP contribution in [0.2, 0.25) is 0 Å². The number of piperidine rings is 1. The van der Waals surface area contributed by atoms with Crippen molar-refractivity contribution in [3.8, 4) is 0 Å². The Morgan fingerprint density at radius 1 is 1.30 bits per heavy atom. The normalized spacial score (nSPS) is 19.2. The third-order valence-corrected chi connectivity index (χ3v) is 4.07. The molecule has 1 amide bonds. The summed E-state index contributed by atoms with van der Waals surface area (Å²) in [5.41, 5.74) is 1.51. The lowest BCUT2D eigenvalue weighted by Crippen LogP contribution is -2.45. The van der Waals surface area contributed by atoms with E-state index in [2.05, 4.69) is 4.98 Å². The van der Waals surface area contributed by atoms with E-state index in [9.17, 15) is 9.59 Å². The van der Waals surface area contributed by atoms with E-state index >= 15 is 0 Å². The second kappa shape index (κ2) is 5.72. The SMILES string of the molecule is CC(C)(C)OC(=O)N1CCC(c2c[nH]c3ccccc23)C(=O)C1. The number of likely N-dealkylation sites (tertiary alicyclic amines) is 1. The number of ether oxygens (including phenoxy) is 1. The Morgan fingerprint density at radius 2 is 2.04 bits per heavy atom. The quantitative estimate of drug-likeness (QED) is 0.877. The van der Waals surface area contributed by atoms with Crippen LogP contribution in [0.5, 0.6) is 0 Å². The van der Waals surface area contributed by atoms with Crippen molar-refractivity contribution in [1.82, 2.24) is 9.88 Å². The van der Waals surface area contributed by atoms with Crippen molar-refractivity contribution < 1.29 is 14.3 Å².